The van der Waals surface area contributed by atoms with Gasteiger partial charge in [-0.25, -0.2) is 8.42 Å². The molecule has 6 nitrogen and oxygen atoms in total. The summed E-state index contributed by atoms with van der Waals surface area (Å²) in [6.45, 7) is 2.67. The number of amidine groups is 1. The second kappa shape index (κ2) is 8.30. The Balaban J connectivity index is 1.51. The van der Waals surface area contributed by atoms with Gasteiger partial charge in [0.25, 0.3) is 0 Å². The molecule has 2 heterocycles. The maximum atomic E-state index is 13.1. The Morgan fingerprint density at radius 2 is 1.86 bits per heavy atom. The third-order valence-corrected chi connectivity index (χ3v) is 8.65. The summed E-state index contributed by atoms with van der Waals surface area (Å²) in [6, 6.07) is 7.18. The van der Waals surface area contributed by atoms with Gasteiger partial charge < -0.3 is 10.6 Å². The first kappa shape index (κ1) is 20.1. The molecule has 4 rings (SSSR count). The summed E-state index contributed by atoms with van der Waals surface area (Å²) in [5.41, 5.74) is -0.244. The lowest BCUT2D eigenvalue weighted by molar-refractivity contribution is 0.247. The van der Waals surface area contributed by atoms with Crippen molar-refractivity contribution < 1.29 is 8.42 Å². The molecule has 0 radical (unpaired) electrons. The molecule has 3 aliphatic rings. The van der Waals surface area contributed by atoms with Gasteiger partial charge in [-0.05, 0) is 50.8 Å². The van der Waals surface area contributed by atoms with Crippen LogP contribution in [0.1, 0.15) is 44.9 Å². The van der Waals surface area contributed by atoms with E-state index >= 15 is 0 Å². The van der Waals surface area contributed by atoms with E-state index in [1.54, 1.807) is 28.6 Å². The third-order valence-electron chi connectivity index (χ3n) is 6.25. The number of benzene rings is 1. The molecule has 0 amide bonds. The van der Waals surface area contributed by atoms with Gasteiger partial charge in [-0.15, -0.1) is 0 Å². The molecule has 28 heavy (non-hydrogen) atoms. The fourth-order valence-corrected chi connectivity index (χ4v) is 6.53. The second-order valence-electron chi connectivity index (χ2n) is 8.05. The summed E-state index contributed by atoms with van der Waals surface area (Å²) in [4.78, 5) is 5.07. The number of hydrogen-bond donors (Lipinski definition) is 2. The van der Waals surface area contributed by atoms with Crippen LogP contribution >= 0.6 is 11.6 Å². The van der Waals surface area contributed by atoms with Gasteiger partial charge in [0.2, 0.25) is 10.0 Å². The van der Waals surface area contributed by atoms with Crippen molar-refractivity contribution in [2.24, 2.45) is 4.99 Å². The number of rotatable bonds is 3. The Bertz CT molecular complexity index is 828. The van der Waals surface area contributed by atoms with Crippen LogP contribution in [0.4, 0.5) is 0 Å². The summed E-state index contributed by atoms with van der Waals surface area (Å²) in [7, 11) is -3.58. The molecule has 2 fully saturated rings. The molecule has 1 aromatic carbocycles. The molecular weight excluding hydrogens is 396 g/mol. The first-order valence-electron chi connectivity index (χ1n) is 10.3. The molecule has 2 aliphatic heterocycles. The van der Waals surface area contributed by atoms with Crippen LogP contribution in [0.5, 0.6) is 0 Å². The molecular formula is C20H29ClN4O2S. The SMILES string of the molecule is O=S(=O)(c1ccccc1Cl)N1CCC2(CC1)NCCCN=C2NC1CCCC1. The highest BCUT2D eigenvalue weighted by Crippen LogP contribution is 2.31. The van der Waals surface area contributed by atoms with Crippen LogP contribution in [0.3, 0.4) is 0 Å². The van der Waals surface area contributed by atoms with Crippen LogP contribution in [-0.2, 0) is 10.0 Å². The smallest absolute Gasteiger partial charge is 0.244 e. The second-order valence-corrected chi connectivity index (χ2v) is 10.4. The van der Waals surface area contributed by atoms with Crippen molar-refractivity contribution in [3.63, 3.8) is 0 Å². The van der Waals surface area contributed by atoms with Crippen LogP contribution in [-0.4, -0.2) is 56.3 Å². The summed E-state index contributed by atoms with van der Waals surface area (Å²) >= 11 is 6.16. The maximum absolute atomic E-state index is 13.1. The quantitative estimate of drug-likeness (QED) is 0.782. The fraction of sp³-hybridized carbons (Fsp3) is 0.650. The largest absolute Gasteiger partial charge is 0.370 e. The van der Waals surface area contributed by atoms with Crippen molar-refractivity contribution in [2.75, 3.05) is 26.2 Å². The molecule has 0 aromatic heterocycles. The van der Waals surface area contributed by atoms with E-state index in [1.807, 2.05) is 0 Å². The van der Waals surface area contributed by atoms with Crippen molar-refractivity contribution in [3.8, 4) is 0 Å². The highest BCUT2D eigenvalue weighted by atomic mass is 35.5. The van der Waals surface area contributed by atoms with E-state index in [4.69, 9.17) is 16.6 Å². The zero-order chi connectivity index (χ0) is 19.6. The van der Waals surface area contributed by atoms with Gasteiger partial charge in [-0.1, -0.05) is 36.6 Å². The van der Waals surface area contributed by atoms with Crippen LogP contribution in [0.15, 0.2) is 34.2 Å². The number of nitrogens with one attached hydrogen (secondary N) is 2. The fourth-order valence-electron chi connectivity index (χ4n) is 4.59. The summed E-state index contributed by atoms with van der Waals surface area (Å²) in [5, 5.41) is 7.69. The molecule has 1 aromatic rings. The molecule has 0 bridgehead atoms. The Labute approximate surface area is 172 Å². The molecule has 1 saturated carbocycles. The zero-order valence-corrected chi connectivity index (χ0v) is 17.7. The van der Waals surface area contributed by atoms with Crippen molar-refractivity contribution in [3.05, 3.63) is 29.3 Å². The predicted molar refractivity (Wildman–Crippen MR) is 112 cm³/mol. The van der Waals surface area contributed by atoms with Gasteiger partial charge in [-0.3, -0.25) is 4.99 Å². The van der Waals surface area contributed by atoms with Gasteiger partial charge in [0.15, 0.2) is 0 Å². The molecule has 154 valence electrons. The Morgan fingerprint density at radius 3 is 2.57 bits per heavy atom. The maximum Gasteiger partial charge on any atom is 0.244 e. The lowest BCUT2D eigenvalue weighted by atomic mass is 9.86. The van der Waals surface area contributed by atoms with E-state index in [-0.39, 0.29) is 15.5 Å². The van der Waals surface area contributed by atoms with E-state index in [2.05, 4.69) is 10.6 Å². The van der Waals surface area contributed by atoms with Gasteiger partial charge in [-0.2, -0.15) is 4.31 Å². The van der Waals surface area contributed by atoms with Crippen LogP contribution in [0, 0.1) is 0 Å². The van der Waals surface area contributed by atoms with E-state index in [0.29, 0.717) is 19.1 Å². The van der Waals surface area contributed by atoms with Gasteiger partial charge in [0, 0.05) is 25.7 Å². The molecule has 8 heteroatoms. The Kier molecular flexibility index (Phi) is 5.97. The Hall–Kier alpha value is -1.15. The normalized spacial score (nSPS) is 24.1. The minimum absolute atomic E-state index is 0.194. The van der Waals surface area contributed by atoms with Gasteiger partial charge >= 0.3 is 0 Å². The first-order valence-corrected chi connectivity index (χ1v) is 12.1. The van der Waals surface area contributed by atoms with Crippen molar-refractivity contribution >= 4 is 27.5 Å². The molecule has 1 spiro atoms. The first-order chi connectivity index (χ1) is 13.5. The van der Waals surface area contributed by atoms with Crippen LogP contribution < -0.4 is 10.6 Å². The molecule has 2 N–H and O–H groups in total. The van der Waals surface area contributed by atoms with E-state index in [9.17, 15) is 8.42 Å². The number of sulfonamides is 1. The standard InChI is InChI=1S/C20H29ClN4O2S/c21-17-8-3-4-9-18(17)28(26,27)25-14-10-20(11-15-25)19(22-12-5-13-23-20)24-16-6-1-2-7-16/h3-4,8-9,16,23H,1-2,5-7,10-15H2,(H,22,24). The van der Waals surface area contributed by atoms with Gasteiger partial charge in [0.1, 0.15) is 10.7 Å². The molecule has 0 atom stereocenters. The minimum Gasteiger partial charge on any atom is -0.370 e. The highest BCUT2D eigenvalue weighted by molar-refractivity contribution is 7.89. The molecule has 1 aliphatic carbocycles. The number of halogens is 1. The zero-order valence-electron chi connectivity index (χ0n) is 16.2. The van der Waals surface area contributed by atoms with Gasteiger partial charge in [0.05, 0.1) is 10.6 Å². The van der Waals surface area contributed by atoms with E-state index in [0.717, 1.165) is 38.2 Å². The molecule has 0 unspecified atom stereocenters. The average molecular weight is 425 g/mol. The lowest BCUT2D eigenvalue weighted by Gasteiger charge is -2.43. The van der Waals surface area contributed by atoms with Crippen molar-refractivity contribution in [1.29, 1.82) is 0 Å². The summed E-state index contributed by atoms with van der Waals surface area (Å²) in [6.07, 6.45) is 7.39. The number of nitrogens with zero attached hydrogens (tertiary/aromatic N) is 2. The monoisotopic (exact) mass is 424 g/mol. The van der Waals surface area contributed by atoms with Crippen molar-refractivity contribution in [1.82, 2.24) is 14.9 Å². The third kappa shape index (κ3) is 3.95. The average Bonchev–Trinajstić information content (AvgIpc) is 3.13. The Morgan fingerprint density at radius 1 is 1.14 bits per heavy atom. The van der Waals surface area contributed by atoms with E-state index in [1.165, 1.54) is 25.7 Å². The minimum atomic E-state index is -3.58. The molecule has 1 saturated heterocycles. The van der Waals surface area contributed by atoms with E-state index < -0.39 is 10.0 Å². The van der Waals surface area contributed by atoms with Crippen molar-refractivity contribution in [2.45, 2.75) is 61.4 Å². The number of piperidine rings is 1. The predicted octanol–water partition coefficient (Wildman–Crippen LogP) is 2.79. The number of hydrogen-bond acceptors (Lipinski definition) is 5. The highest BCUT2D eigenvalue weighted by Gasteiger charge is 2.43. The summed E-state index contributed by atoms with van der Waals surface area (Å²) < 4.78 is 27.7. The topological polar surface area (TPSA) is 73.8 Å². The number of aliphatic imine (C=N–C) groups is 1. The summed E-state index contributed by atoms with van der Waals surface area (Å²) in [5.74, 6) is 1.05. The lowest BCUT2D eigenvalue weighted by Crippen LogP contribution is -2.63. The van der Waals surface area contributed by atoms with Crippen LogP contribution in [0.2, 0.25) is 5.02 Å². The van der Waals surface area contributed by atoms with Crippen LogP contribution in [0.25, 0.3) is 0 Å².